The molecule has 0 aliphatic carbocycles. The van der Waals surface area contributed by atoms with Crippen LogP contribution in [0.25, 0.3) is 11.6 Å². The summed E-state index contributed by atoms with van der Waals surface area (Å²) < 4.78 is 41.0. The number of allylic oxidation sites excluding steroid dienone is 1. The number of hydrogen-bond donors (Lipinski definition) is 1. The quantitative estimate of drug-likeness (QED) is 0.548. The number of nitrogens with one attached hydrogen (secondary N) is 1. The minimum absolute atomic E-state index is 0.0600. The van der Waals surface area contributed by atoms with Gasteiger partial charge in [-0.15, -0.1) is 0 Å². The van der Waals surface area contributed by atoms with Gasteiger partial charge in [-0.2, -0.15) is 9.36 Å². The summed E-state index contributed by atoms with van der Waals surface area (Å²) >= 11 is 0.876. The Kier molecular flexibility index (Phi) is 6.71. The number of ketones is 1. The Labute approximate surface area is 180 Å². The van der Waals surface area contributed by atoms with Crippen LogP contribution >= 0.6 is 11.5 Å². The normalized spacial score (nSPS) is 11.2. The minimum atomic E-state index is -1.04. The highest BCUT2D eigenvalue weighted by Crippen LogP contribution is 2.28. The smallest absolute Gasteiger partial charge is 0.257 e. The molecule has 0 saturated heterocycles. The number of carbonyl (C=O) groups excluding carboxylic acids is 2. The number of benzene rings is 2. The van der Waals surface area contributed by atoms with E-state index in [0.29, 0.717) is 17.1 Å². The van der Waals surface area contributed by atoms with Gasteiger partial charge in [0.15, 0.2) is 34.7 Å². The van der Waals surface area contributed by atoms with E-state index in [1.165, 1.54) is 39.4 Å². The van der Waals surface area contributed by atoms with Crippen LogP contribution in [0.15, 0.2) is 36.4 Å². The van der Waals surface area contributed by atoms with Gasteiger partial charge < -0.3 is 9.47 Å². The van der Waals surface area contributed by atoms with Gasteiger partial charge in [0, 0.05) is 17.1 Å². The average molecular weight is 445 g/mol. The van der Waals surface area contributed by atoms with Crippen molar-refractivity contribution in [2.75, 3.05) is 19.5 Å². The second-order valence-electron chi connectivity index (χ2n) is 6.23. The van der Waals surface area contributed by atoms with Crippen molar-refractivity contribution in [3.8, 4) is 11.5 Å². The lowest BCUT2D eigenvalue weighted by molar-refractivity contribution is -0.111. The molecular formula is C21H17F2N3O4S. The molecule has 0 spiro atoms. The van der Waals surface area contributed by atoms with E-state index in [4.69, 9.17) is 9.47 Å². The SMILES string of the molecule is COc1ccc(C(=O)Nc2nc(/C(=C/c3ccc(F)c(F)c3)C(C)=O)ns2)cc1OC. The first-order valence-corrected chi connectivity index (χ1v) is 9.65. The Balaban J connectivity index is 1.83. The monoisotopic (exact) mass is 445 g/mol. The third-order valence-electron chi connectivity index (χ3n) is 4.17. The summed E-state index contributed by atoms with van der Waals surface area (Å²) in [5.74, 6) is -1.94. The molecule has 10 heteroatoms. The molecule has 0 radical (unpaired) electrons. The minimum Gasteiger partial charge on any atom is -0.493 e. The number of anilines is 1. The first-order chi connectivity index (χ1) is 14.8. The molecule has 3 rings (SSSR count). The number of ether oxygens (including phenoxy) is 2. The lowest BCUT2D eigenvalue weighted by atomic mass is 10.1. The van der Waals surface area contributed by atoms with E-state index in [1.807, 2.05) is 0 Å². The third kappa shape index (κ3) is 5.10. The number of methoxy groups -OCH3 is 2. The van der Waals surface area contributed by atoms with E-state index >= 15 is 0 Å². The van der Waals surface area contributed by atoms with Gasteiger partial charge in [0.25, 0.3) is 5.91 Å². The standard InChI is InChI=1S/C21H17F2N3O4S/c1-11(27)14(8-12-4-6-15(22)16(23)9-12)19-24-21(31-26-19)25-20(28)13-5-7-17(29-2)18(10-13)30-3/h4-10H,1-3H3,(H,24,25,26,28)/b14-8+. The molecule has 3 aromatic rings. The van der Waals surface area contributed by atoms with Crippen LogP contribution in [-0.4, -0.2) is 35.3 Å². The van der Waals surface area contributed by atoms with Gasteiger partial charge in [0.2, 0.25) is 5.13 Å². The number of rotatable bonds is 7. The first-order valence-electron chi connectivity index (χ1n) is 8.87. The maximum absolute atomic E-state index is 13.5. The number of amides is 1. The van der Waals surface area contributed by atoms with Crippen LogP contribution in [0, 0.1) is 11.6 Å². The van der Waals surface area contributed by atoms with E-state index in [0.717, 1.165) is 23.7 Å². The van der Waals surface area contributed by atoms with Crippen LogP contribution in [0.3, 0.4) is 0 Å². The molecule has 0 bridgehead atoms. The maximum atomic E-state index is 13.5. The van der Waals surface area contributed by atoms with Gasteiger partial charge in [0.05, 0.1) is 19.8 Å². The van der Waals surface area contributed by atoms with Crippen molar-refractivity contribution in [3.63, 3.8) is 0 Å². The van der Waals surface area contributed by atoms with Crippen molar-refractivity contribution in [1.82, 2.24) is 9.36 Å². The number of aromatic nitrogens is 2. The van der Waals surface area contributed by atoms with E-state index in [2.05, 4.69) is 14.7 Å². The molecule has 0 saturated carbocycles. The molecule has 160 valence electrons. The summed E-state index contributed by atoms with van der Waals surface area (Å²) in [5.41, 5.74) is 0.669. The Hall–Kier alpha value is -3.66. The highest BCUT2D eigenvalue weighted by molar-refractivity contribution is 7.10. The Morgan fingerprint density at radius 1 is 1.03 bits per heavy atom. The Morgan fingerprint density at radius 3 is 2.42 bits per heavy atom. The summed E-state index contributed by atoms with van der Waals surface area (Å²) in [4.78, 5) is 28.8. The number of nitrogens with zero attached hydrogens (tertiary/aromatic N) is 2. The molecular weight excluding hydrogens is 428 g/mol. The fourth-order valence-electron chi connectivity index (χ4n) is 2.62. The zero-order valence-corrected chi connectivity index (χ0v) is 17.5. The Bertz CT molecular complexity index is 1180. The van der Waals surface area contributed by atoms with Crippen LogP contribution < -0.4 is 14.8 Å². The third-order valence-corrected chi connectivity index (χ3v) is 4.80. The van der Waals surface area contributed by atoms with E-state index in [9.17, 15) is 18.4 Å². The second kappa shape index (κ2) is 9.43. The van der Waals surface area contributed by atoms with Gasteiger partial charge in [-0.3, -0.25) is 14.9 Å². The fourth-order valence-corrected chi connectivity index (χ4v) is 3.20. The zero-order valence-electron chi connectivity index (χ0n) is 16.7. The van der Waals surface area contributed by atoms with Crippen LogP contribution in [0.4, 0.5) is 13.9 Å². The lowest BCUT2D eigenvalue weighted by Gasteiger charge is -2.09. The first kappa shape index (κ1) is 22.0. The molecule has 1 aromatic heterocycles. The van der Waals surface area contributed by atoms with Crippen LogP contribution in [-0.2, 0) is 4.79 Å². The highest BCUT2D eigenvalue weighted by atomic mass is 32.1. The molecule has 7 nitrogen and oxygen atoms in total. The van der Waals surface area contributed by atoms with Crippen LogP contribution in [0.5, 0.6) is 11.5 Å². The van der Waals surface area contributed by atoms with Crippen molar-refractivity contribution >= 4 is 40.0 Å². The average Bonchev–Trinajstić information content (AvgIpc) is 3.21. The molecule has 1 amide bonds. The summed E-state index contributed by atoms with van der Waals surface area (Å²) in [6.07, 6.45) is 1.35. The van der Waals surface area contributed by atoms with E-state index in [-0.39, 0.29) is 27.9 Å². The molecule has 0 fully saturated rings. The summed E-state index contributed by atoms with van der Waals surface area (Å²) in [7, 11) is 2.94. The van der Waals surface area contributed by atoms with Crippen molar-refractivity contribution in [2.45, 2.75) is 6.92 Å². The van der Waals surface area contributed by atoms with E-state index < -0.39 is 17.5 Å². The largest absolute Gasteiger partial charge is 0.493 e. The van der Waals surface area contributed by atoms with Crippen molar-refractivity contribution in [1.29, 1.82) is 0 Å². The summed E-state index contributed by atoms with van der Waals surface area (Å²) in [5, 5.41) is 2.76. The highest BCUT2D eigenvalue weighted by Gasteiger charge is 2.17. The zero-order chi connectivity index (χ0) is 22.5. The van der Waals surface area contributed by atoms with Crippen LogP contribution in [0.2, 0.25) is 0 Å². The van der Waals surface area contributed by atoms with Gasteiger partial charge in [0.1, 0.15) is 0 Å². The molecule has 0 unspecified atom stereocenters. The fraction of sp³-hybridized carbons (Fsp3) is 0.143. The molecule has 31 heavy (non-hydrogen) atoms. The predicted octanol–water partition coefficient (Wildman–Crippen LogP) is 4.22. The number of hydrogen-bond acceptors (Lipinski definition) is 7. The molecule has 1 N–H and O–H groups in total. The van der Waals surface area contributed by atoms with Gasteiger partial charge in [-0.05, 0) is 48.9 Å². The lowest BCUT2D eigenvalue weighted by Crippen LogP contribution is -2.12. The predicted molar refractivity (Wildman–Crippen MR) is 112 cm³/mol. The number of halogens is 2. The van der Waals surface area contributed by atoms with Crippen molar-refractivity contribution in [2.24, 2.45) is 0 Å². The van der Waals surface area contributed by atoms with Gasteiger partial charge in [-0.25, -0.2) is 8.78 Å². The number of carbonyl (C=O) groups is 2. The summed E-state index contributed by atoms with van der Waals surface area (Å²) in [6.45, 7) is 1.30. The topological polar surface area (TPSA) is 90.4 Å². The molecule has 0 atom stereocenters. The molecule has 1 heterocycles. The van der Waals surface area contributed by atoms with E-state index in [1.54, 1.807) is 12.1 Å². The number of Topliss-reactive ketones (excluding diaryl/α,β-unsaturated/α-hetero) is 1. The van der Waals surface area contributed by atoms with Gasteiger partial charge in [-0.1, -0.05) is 6.07 Å². The van der Waals surface area contributed by atoms with Crippen molar-refractivity contribution in [3.05, 3.63) is 65.0 Å². The maximum Gasteiger partial charge on any atom is 0.257 e. The molecule has 2 aromatic carbocycles. The van der Waals surface area contributed by atoms with Gasteiger partial charge >= 0.3 is 0 Å². The van der Waals surface area contributed by atoms with Crippen molar-refractivity contribution < 1.29 is 27.8 Å². The summed E-state index contributed by atoms with van der Waals surface area (Å²) in [6, 6.07) is 7.92. The Morgan fingerprint density at radius 2 is 1.77 bits per heavy atom. The molecule has 0 aliphatic rings. The molecule has 0 aliphatic heterocycles. The second-order valence-corrected chi connectivity index (χ2v) is 6.99. The van der Waals surface area contributed by atoms with Crippen LogP contribution in [0.1, 0.15) is 28.7 Å².